The molecule has 5 heteroatoms. The second-order valence-corrected chi connectivity index (χ2v) is 7.57. The molecule has 0 radical (unpaired) electrons. The highest BCUT2D eigenvalue weighted by Crippen LogP contribution is 2.39. The smallest absolute Gasteiger partial charge is 0.138 e. The molecule has 0 atom stereocenters. The van der Waals surface area contributed by atoms with Crippen molar-refractivity contribution in [3.05, 3.63) is 16.3 Å². The Balaban J connectivity index is 1.53. The number of anilines is 1. The van der Waals surface area contributed by atoms with Crippen LogP contribution in [-0.2, 0) is 12.8 Å². The highest BCUT2D eigenvalue weighted by molar-refractivity contribution is 7.19. The molecule has 0 saturated carbocycles. The summed E-state index contributed by atoms with van der Waals surface area (Å²) in [4.78, 5) is 14.6. The van der Waals surface area contributed by atoms with E-state index in [4.69, 9.17) is 4.98 Å². The van der Waals surface area contributed by atoms with Crippen molar-refractivity contribution in [2.75, 3.05) is 31.5 Å². The first kappa shape index (κ1) is 14.4. The third kappa shape index (κ3) is 2.72. The Morgan fingerprint density at radius 3 is 2.82 bits per heavy atom. The van der Waals surface area contributed by atoms with E-state index in [1.165, 1.54) is 72.3 Å². The average Bonchev–Trinajstić information content (AvgIpc) is 3.08. The van der Waals surface area contributed by atoms with Gasteiger partial charge < -0.3 is 10.2 Å². The SMILES string of the molecule is Cc1nc(NCCN2CCCCC2)c2c3c(sc2n1)CCC3. The lowest BCUT2D eigenvalue weighted by molar-refractivity contribution is 0.237. The highest BCUT2D eigenvalue weighted by Gasteiger charge is 2.21. The summed E-state index contributed by atoms with van der Waals surface area (Å²) < 4.78 is 0. The number of thiophene rings is 1. The number of hydrogen-bond acceptors (Lipinski definition) is 5. The summed E-state index contributed by atoms with van der Waals surface area (Å²) in [6, 6.07) is 0. The van der Waals surface area contributed by atoms with E-state index in [1.807, 2.05) is 18.3 Å². The van der Waals surface area contributed by atoms with Gasteiger partial charge in [-0.1, -0.05) is 6.42 Å². The van der Waals surface area contributed by atoms with Crippen LogP contribution in [0.4, 0.5) is 5.82 Å². The van der Waals surface area contributed by atoms with Crippen LogP contribution in [0.25, 0.3) is 10.2 Å². The van der Waals surface area contributed by atoms with E-state index in [0.29, 0.717) is 0 Å². The van der Waals surface area contributed by atoms with E-state index in [1.54, 1.807) is 0 Å². The van der Waals surface area contributed by atoms with Crippen LogP contribution in [0.1, 0.15) is 41.9 Å². The van der Waals surface area contributed by atoms with Crippen LogP contribution >= 0.6 is 11.3 Å². The standard InChI is InChI=1S/C17H24N4S/c1-12-19-16(18-8-11-21-9-3-2-4-10-21)15-13-6-5-7-14(13)22-17(15)20-12/h2-11H2,1H3,(H,18,19,20). The van der Waals surface area contributed by atoms with Gasteiger partial charge in [-0.2, -0.15) is 0 Å². The third-order valence-electron chi connectivity index (χ3n) is 4.85. The molecule has 2 aliphatic rings. The molecule has 2 aromatic heterocycles. The molecule has 0 bridgehead atoms. The van der Waals surface area contributed by atoms with Gasteiger partial charge in [0.25, 0.3) is 0 Å². The molecular weight excluding hydrogens is 292 g/mol. The molecule has 4 rings (SSSR count). The van der Waals surface area contributed by atoms with Crippen molar-refractivity contribution in [3.8, 4) is 0 Å². The molecule has 1 saturated heterocycles. The molecule has 4 nitrogen and oxygen atoms in total. The van der Waals surface area contributed by atoms with E-state index in [9.17, 15) is 0 Å². The number of likely N-dealkylation sites (tertiary alicyclic amines) is 1. The summed E-state index contributed by atoms with van der Waals surface area (Å²) in [5, 5.41) is 4.91. The zero-order valence-electron chi connectivity index (χ0n) is 13.3. The van der Waals surface area contributed by atoms with E-state index in [-0.39, 0.29) is 0 Å². The largest absolute Gasteiger partial charge is 0.368 e. The fourth-order valence-corrected chi connectivity index (χ4v) is 5.05. The lowest BCUT2D eigenvalue weighted by Crippen LogP contribution is -2.33. The Bertz CT molecular complexity index is 673. The first-order valence-electron chi connectivity index (χ1n) is 8.56. The van der Waals surface area contributed by atoms with Crippen molar-refractivity contribution in [1.29, 1.82) is 0 Å². The number of fused-ring (bicyclic) bond motifs is 3. The summed E-state index contributed by atoms with van der Waals surface area (Å²) in [7, 11) is 0. The van der Waals surface area contributed by atoms with Crippen molar-refractivity contribution in [2.24, 2.45) is 0 Å². The van der Waals surface area contributed by atoms with E-state index in [2.05, 4.69) is 15.2 Å². The van der Waals surface area contributed by atoms with Gasteiger partial charge in [-0.25, -0.2) is 9.97 Å². The fraction of sp³-hybridized carbons (Fsp3) is 0.647. The van der Waals surface area contributed by atoms with Crippen molar-refractivity contribution >= 4 is 27.4 Å². The van der Waals surface area contributed by atoms with Crippen LogP contribution < -0.4 is 5.32 Å². The molecule has 0 unspecified atom stereocenters. The summed E-state index contributed by atoms with van der Waals surface area (Å²) in [5.74, 6) is 1.95. The van der Waals surface area contributed by atoms with Crippen molar-refractivity contribution in [3.63, 3.8) is 0 Å². The predicted molar refractivity (Wildman–Crippen MR) is 93.0 cm³/mol. The highest BCUT2D eigenvalue weighted by atomic mass is 32.1. The number of nitrogens with one attached hydrogen (secondary N) is 1. The fourth-order valence-electron chi connectivity index (χ4n) is 3.75. The normalized spacial score (nSPS) is 18.8. The van der Waals surface area contributed by atoms with Gasteiger partial charge in [-0.15, -0.1) is 11.3 Å². The topological polar surface area (TPSA) is 41.1 Å². The molecule has 0 spiro atoms. The number of aromatic nitrogens is 2. The zero-order chi connectivity index (χ0) is 14.9. The van der Waals surface area contributed by atoms with Gasteiger partial charge in [0.1, 0.15) is 16.5 Å². The van der Waals surface area contributed by atoms with E-state index >= 15 is 0 Å². The molecule has 22 heavy (non-hydrogen) atoms. The number of nitrogens with zero attached hydrogens (tertiary/aromatic N) is 3. The second kappa shape index (κ2) is 6.13. The maximum absolute atomic E-state index is 4.70. The molecule has 118 valence electrons. The predicted octanol–water partition coefficient (Wildman–Crippen LogP) is 3.39. The summed E-state index contributed by atoms with van der Waals surface area (Å²) in [6.45, 7) is 6.62. The Kier molecular flexibility index (Phi) is 4.01. The van der Waals surface area contributed by atoms with Gasteiger partial charge in [0.05, 0.1) is 5.39 Å². The van der Waals surface area contributed by atoms with Crippen LogP contribution in [0.5, 0.6) is 0 Å². The number of piperidine rings is 1. The van der Waals surface area contributed by atoms with Crippen molar-refractivity contribution < 1.29 is 0 Å². The third-order valence-corrected chi connectivity index (χ3v) is 6.03. The molecule has 0 amide bonds. The molecule has 1 aliphatic carbocycles. The van der Waals surface area contributed by atoms with Gasteiger partial charge in [-0.05, 0) is 57.7 Å². The van der Waals surface area contributed by atoms with Crippen molar-refractivity contribution in [2.45, 2.75) is 45.4 Å². The Hall–Kier alpha value is -1.20. The molecule has 1 N–H and O–H groups in total. The van der Waals surface area contributed by atoms with Crippen LogP contribution in [0.2, 0.25) is 0 Å². The summed E-state index contributed by atoms with van der Waals surface area (Å²) in [5.41, 5.74) is 1.51. The number of aryl methyl sites for hydroxylation is 3. The van der Waals surface area contributed by atoms with Crippen LogP contribution in [0, 0.1) is 6.92 Å². The lowest BCUT2D eigenvalue weighted by atomic mass is 10.1. The Morgan fingerprint density at radius 1 is 1.09 bits per heavy atom. The molecule has 3 heterocycles. The Morgan fingerprint density at radius 2 is 1.95 bits per heavy atom. The molecule has 1 aliphatic heterocycles. The Labute approximate surface area is 136 Å². The first-order chi connectivity index (χ1) is 10.8. The molecular formula is C17H24N4S. The molecule has 2 aromatic rings. The van der Waals surface area contributed by atoms with E-state index < -0.39 is 0 Å². The van der Waals surface area contributed by atoms with Gasteiger partial charge >= 0.3 is 0 Å². The first-order valence-corrected chi connectivity index (χ1v) is 9.38. The number of hydrogen-bond donors (Lipinski definition) is 1. The van der Waals surface area contributed by atoms with Gasteiger partial charge in [-0.3, -0.25) is 0 Å². The lowest BCUT2D eigenvalue weighted by Gasteiger charge is -2.26. The van der Waals surface area contributed by atoms with Gasteiger partial charge in [0, 0.05) is 18.0 Å². The summed E-state index contributed by atoms with van der Waals surface area (Å²) >= 11 is 1.87. The maximum atomic E-state index is 4.70. The minimum Gasteiger partial charge on any atom is -0.368 e. The number of rotatable bonds is 4. The monoisotopic (exact) mass is 316 g/mol. The zero-order valence-corrected chi connectivity index (χ0v) is 14.1. The van der Waals surface area contributed by atoms with Crippen LogP contribution in [-0.4, -0.2) is 41.0 Å². The minimum atomic E-state index is 0.882. The summed E-state index contributed by atoms with van der Waals surface area (Å²) in [6.07, 6.45) is 7.82. The second-order valence-electron chi connectivity index (χ2n) is 6.49. The van der Waals surface area contributed by atoms with E-state index in [0.717, 1.165) is 24.7 Å². The average molecular weight is 316 g/mol. The molecule has 0 aromatic carbocycles. The minimum absolute atomic E-state index is 0.882. The molecule has 1 fully saturated rings. The van der Waals surface area contributed by atoms with Gasteiger partial charge in [0.15, 0.2) is 0 Å². The van der Waals surface area contributed by atoms with Crippen LogP contribution in [0.3, 0.4) is 0 Å². The maximum Gasteiger partial charge on any atom is 0.138 e. The van der Waals surface area contributed by atoms with Crippen LogP contribution in [0.15, 0.2) is 0 Å². The quantitative estimate of drug-likeness (QED) is 0.939. The van der Waals surface area contributed by atoms with Crippen molar-refractivity contribution in [1.82, 2.24) is 14.9 Å². The van der Waals surface area contributed by atoms with Gasteiger partial charge in [0.2, 0.25) is 0 Å².